The Morgan fingerprint density at radius 3 is 2.68 bits per heavy atom. The van der Waals surface area contributed by atoms with E-state index >= 15 is 0 Å². The first-order valence-electron chi connectivity index (χ1n) is 8.58. The number of nitrogens with zero attached hydrogens (tertiary/aromatic N) is 3. The van der Waals surface area contributed by atoms with Crippen molar-refractivity contribution in [1.82, 2.24) is 9.97 Å². The molecule has 2 aliphatic heterocycles. The molecule has 25 heavy (non-hydrogen) atoms. The van der Waals surface area contributed by atoms with Gasteiger partial charge in [0, 0.05) is 31.0 Å². The van der Waals surface area contributed by atoms with Crippen molar-refractivity contribution in [2.75, 3.05) is 30.1 Å². The van der Waals surface area contributed by atoms with E-state index in [1.807, 2.05) is 0 Å². The van der Waals surface area contributed by atoms with Gasteiger partial charge in [0.15, 0.2) is 11.5 Å². The second-order valence-corrected chi connectivity index (χ2v) is 6.17. The molecule has 4 rings (SSSR count). The van der Waals surface area contributed by atoms with Crippen LogP contribution in [0.25, 0.3) is 0 Å². The SMILES string of the molecule is O=C(Nc1ccc2c(c1)OCO2)c1ccnc(N2CCCCCC2)n1. The van der Waals surface area contributed by atoms with Gasteiger partial charge in [-0.25, -0.2) is 9.97 Å². The summed E-state index contributed by atoms with van der Waals surface area (Å²) >= 11 is 0. The summed E-state index contributed by atoms with van der Waals surface area (Å²) < 4.78 is 10.6. The molecule has 2 aromatic rings. The Labute approximate surface area is 146 Å². The van der Waals surface area contributed by atoms with E-state index in [9.17, 15) is 4.79 Å². The monoisotopic (exact) mass is 340 g/mol. The number of nitrogens with one attached hydrogen (secondary N) is 1. The van der Waals surface area contributed by atoms with Crippen LogP contribution in [0.15, 0.2) is 30.5 Å². The number of fused-ring (bicyclic) bond motifs is 1. The van der Waals surface area contributed by atoms with Crippen molar-refractivity contribution in [3.63, 3.8) is 0 Å². The third kappa shape index (κ3) is 3.50. The number of anilines is 2. The van der Waals surface area contributed by atoms with Gasteiger partial charge in [-0.3, -0.25) is 4.79 Å². The fraction of sp³-hybridized carbons (Fsp3) is 0.389. The van der Waals surface area contributed by atoms with E-state index in [-0.39, 0.29) is 12.7 Å². The average molecular weight is 340 g/mol. The van der Waals surface area contributed by atoms with Gasteiger partial charge in [-0.1, -0.05) is 12.8 Å². The maximum absolute atomic E-state index is 12.5. The minimum Gasteiger partial charge on any atom is -0.454 e. The topological polar surface area (TPSA) is 76.6 Å². The lowest BCUT2D eigenvalue weighted by molar-refractivity contribution is 0.102. The van der Waals surface area contributed by atoms with Gasteiger partial charge in [0.05, 0.1) is 0 Å². The maximum atomic E-state index is 12.5. The van der Waals surface area contributed by atoms with Crippen LogP contribution >= 0.6 is 0 Å². The van der Waals surface area contributed by atoms with Crippen LogP contribution in [0.5, 0.6) is 11.5 Å². The molecule has 0 atom stereocenters. The molecular weight excluding hydrogens is 320 g/mol. The fourth-order valence-electron chi connectivity index (χ4n) is 3.07. The highest BCUT2D eigenvalue weighted by molar-refractivity contribution is 6.03. The number of hydrogen-bond acceptors (Lipinski definition) is 6. The predicted octanol–water partition coefficient (Wildman–Crippen LogP) is 2.84. The standard InChI is InChI=1S/C18H20N4O3/c23-17(20-13-5-6-15-16(11-13)25-12-24-15)14-7-8-19-18(21-14)22-9-3-1-2-4-10-22/h5-8,11H,1-4,9-10,12H2,(H,20,23). The highest BCUT2D eigenvalue weighted by atomic mass is 16.7. The highest BCUT2D eigenvalue weighted by Crippen LogP contribution is 2.34. The Kier molecular flexibility index (Phi) is 4.37. The number of amides is 1. The van der Waals surface area contributed by atoms with Crippen LogP contribution < -0.4 is 19.7 Å². The predicted molar refractivity (Wildman–Crippen MR) is 93.2 cm³/mol. The van der Waals surface area contributed by atoms with Crippen molar-refractivity contribution in [3.8, 4) is 11.5 Å². The number of carbonyl (C=O) groups is 1. The molecule has 2 aliphatic rings. The van der Waals surface area contributed by atoms with E-state index in [4.69, 9.17) is 9.47 Å². The van der Waals surface area contributed by atoms with Gasteiger partial charge < -0.3 is 19.7 Å². The summed E-state index contributed by atoms with van der Waals surface area (Å²) in [6, 6.07) is 6.93. The number of hydrogen-bond donors (Lipinski definition) is 1. The smallest absolute Gasteiger partial charge is 0.274 e. The van der Waals surface area contributed by atoms with Crippen molar-refractivity contribution in [3.05, 3.63) is 36.2 Å². The van der Waals surface area contributed by atoms with Crippen LogP contribution in [0.2, 0.25) is 0 Å². The number of aromatic nitrogens is 2. The first-order valence-corrected chi connectivity index (χ1v) is 8.58. The Morgan fingerprint density at radius 1 is 1.04 bits per heavy atom. The van der Waals surface area contributed by atoms with E-state index < -0.39 is 0 Å². The number of benzene rings is 1. The van der Waals surface area contributed by atoms with Crippen LogP contribution in [0, 0.1) is 0 Å². The van der Waals surface area contributed by atoms with Gasteiger partial charge in [-0.15, -0.1) is 0 Å². The number of carbonyl (C=O) groups excluding carboxylic acids is 1. The zero-order chi connectivity index (χ0) is 17.1. The minimum atomic E-state index is -0.266. The molecule has 7 nitrogen and oxygen atoms in total. The average Bonchev–Trinajstić information content (AvgIpc) is 2.93. The molecule has 1 aromatic carbocycles. The van der Waals surface area contributed by atoms with Gasteiger partial charge in [-0.05, 0) is 31.0 Å². The molecular formula is C18H20N4O3. The summed E-state index contributed by atoms with van der Waals surface area (Å²) in [5, 5.41) is 2.85. The lowest BCUT2D eigenvalue weighted by atomic mass is 10.2. The quantitative estimate of drug-likeness (QED) is 0.926. The second-order valence-electron chi connectivity index (χ2n) is 6.17. The second kappa shape index (κ2) is 6.96. The molecule has 0 saturated carbocycles. The Balaban J connectivity index is 1.49. The van der Waals surface area contributed by atoms with Gasteiger partial charge in [-0.2, -0.15) is 0 Å². The zero-order valence-electron chi connectivity index (χ0n) is 13.9. The number of rotatable bonds is 3. The van der Waals surface area contributed by atoms with E-state index in [2.05, 4.69) is 20.2 Å². The summed E-state index contributed by atoms with van der Waals surface area (Å²) in [6.45, 7) is 2.08. The van der Waals surface area contributed by atoms with E-state index in [1.54, 1.807) is 30.5 Å². The molecule has 0 aliphatic carbocycles. The van der Waals surface area contributed by atoms with Gasteiger partial charge in [0.2, 0.25) is 12.7 Å². The van der Waals surface area contributed by atoms with Gasteiger partial charge in [0.1, 0.15) is 5.69 Å². The van der Waals surface area contributed by atoms with Crippen molar-refractivity contribution in [2.45, 2.75) is 25.7 Å². The molecule has 1 amide bonds. The minimum absolute atomic E-state index is 0.206. The third-order valence-corrected chi connectivity index (χ3v) is 4.39. The van der Waals surface area contributed by atoms with Gasteiger partial charge in [0.25, 0.3) is 5.91 Å². The van der Waals surface area contributed by atoms with Crippen LogP contribution in [0.1, 0.15) is 36.2 Å². The molecule has 3 heterocycles. The van der Waals surface area contributed by atoms with E-state index in [0.29, 0.717) is 28.8 Å². The molecule has 0 spiro atoms. The zero-order valence-corrected chi connectivity index (χ0v) is 13.9. The molecule has 1 aromatic heterocycles. The lowest BCUT2D eigenvalue weighted by Gasteiger charge is -2.20. The normalized spacial score (nSPS) is 16.4. The molecule has 0 unspecified atom stereocenters. The lowest BCUT2D eigenvalue weighted by Crippen LogP contribution is -2.27. The van der Waals surface area contributed by atoms with Crippen LogP contribution in [-0.4, -0.2) is 35.8 Å². The number of ether oxygens (including phenoxy) is 2. The summed E-state index contributed by atoms with van der Waals surface area (Å²) in [5.74, 6) is 1.67. The summed E-state index contributed by atoms with van der Waals surface area (Å²) in [4.78, 5) is 23.5. The van der Waals surface area contributed by atoms with Crippen molar-refractivity contribution < 1.29 is 14.3 Å². The van der Waals surface area contributed by atoms with Crippen molar-refractivity contribution in [2.24, 2.45) is 0 Å². The van der Waals surface area contributed by atoms with E-state index in [0.717, 1.165) is 25.9 Å². The molecule has 130 valence electrons. The summed E-state index contributed by atoms with van der Waals surface area (Å²) in [5.41, 5.74) is 0.996. The Hall–Kier alpha value is -2.83. The van der Waals surface area contributed by atoms with Crippen molar-refractivity contribution >= 4 is 17.5 Å². The molecule has 1 fully saturated rings. The van der Waals surface area contributed by atoms with Gasteiger partial charge >= 0.3 is 0 Å². The van der Waals surface area contributed by atoms with Crippen LogP contribution in [-0.2, 0) is 0 Å². The molecule has 0 bridgehead atoms. The van der Waals surface area contributed by atoms with Crippen LogP contribution in [0.4, 0.5) is 11.6 Å². The molecule has 0 radical (unpaired) electrons. The van der Waals surface area contributed by atoms with Crippen LogP contribution in [0.3, 0.4) is 0 Å². The van der Waals surface area contributed by atoms with E-state index in [1.165, 1.54) is 12.8 Å². The molecule has 1 saturated heterocycles. The Bertz CT molecular complexity index is 773. The largest absolute Gasteiger partial charge is 0.454 e. The first kappa shape index (κ1) is 15.7. The molecule has 7 heteroatoms. The summed E-state index contributed by atoms with van der Waals surface area (Å²) in [7, 11) is 0. The van der Waals surface area contributed by atoms with Crippen molar-refractivity contribution in [1.29, 1.82) is 0 Å². The third-order valence-electron chi connectivity index (χ3n) is 4.39. The Morgan fingerprint density at radius 2 is 1.84 bits per heavy atom. The fourth-order valence-corrected chi connectivity index (χ4v) is 3.07. The first-order chi connectivity index (χ1) is 12.3. The molecule has 1 N–H and O–H groups in total. The summed E-state index contributed by atoms with van der Waals surface area (Å²) in [6.07, 6.45) is 6.39. The maximum Gasteiger partial charge on any atom is 0.274 e. The highest BCUT2D eigenvalue weighted by Gasteiger charge is 2.17.